The van der Waals surface area contributed by atoms with Crippen LogP contribution in [0.4, 0.5) is 0 Å². The van der Waals surface area contributed by atoms with Crippen LogP contribution in [0, 0.1) is 0 Å². The number of benzene rings is 3. The number of hydrogen-bond acceptors (Lipinski definition) is 8. The van der Waals surface area contributed by atoms with Gasteiger partial charge in [-0.2, -0.15) is 17.6 Å². The van der Waals surface area contributed by atoms with Gasteiger partial charge in [0, 0.05) is 42.2 Å². The molecule has 11 heteroatoms. The van der Waals surface area contributed by atoms with Crippen molar-refractivity contribution in [1.82, 2.24) is 29.3 Å². The number of hydrogen-bond donors (Lipinski definition) is 1. The van der Waals surface area contributed by atoms with Crippen LogP contribution in [0.25, 0.3) is 44.4 Å². The van der Waals surface area contributed by atoms with Crippen molar-refractivity contribution >= 4 is 31.8 Å². The summed E-state index contributed by atoms with van der Waals surface area (Å²) >= 11 is 0. The zero-order valence-electron chi connectivity index (χ0n) is 21.5. The molecule has 1 aliphatic rings. The first-order valence-corrected chi connectivity index (χ1v) is 14.5. The summed E-state index contributed by atoms with van der Waals surface area (Å²) in [6, 6.07) is 20.1. The monoisotopic (exact) mass is 554 g/mol. The molecule has 1 fully saturated rings. The Hall–Kier alpha value is -4.32. The minimum atomic E-state index is -3.95. The van der Waals surface area contributed by atoms with Gasteiger partial charge < -0.3 is 14.1 Å². The van der Waals surface area contributed by atoms with Crippen molar-refractivity contribution in [3.8, 4) is 22.6 Å². The Morgan fingerprint density at radius 1 is 0.900 bits per heavy atom. The molecule has 4 heterocycles. The van der Waals surface area contributed by atoms with Crippen molar-refractivity contribution in [3.63, 3.8) is 0 Å². The molecular formula is C29H26N6O4S. The fourth-order valence-corrected chi connectivity index (χ4v) is 6.51. The number of ether oxygens (including phenoxy) is 1. The Bertz CT molecular complexity index is 1920. The molecular weight excluding hydrogens is 528 g/mol. The summed E-state index contributed by atoms with van der Waals surface area (Å²) in [5, 5.41) is 14.6. The molecule has 0 atom stereocenters. The molecule has 10 nitrogen and oxygen atoms in total. The fourth-order valence-electron chi connectivity index (χ4n) is 5.23. The molecule has 3 aromatic carbocycles. The van der Waals surface area contributed by atoms with Crippen LogP contribution in [0.15, 0.2) is 88.4 Å². The van der Waals surface area contributed by atoms with Gasteiger partial charge >= 0.3 is 0 Å². The normalized spacial score (nSPS) is 15.1. The number of aromatic nitrogens is 5. The van der Waals surface area contributed by atoms with Crippen molar-refractivity contribution in [2.45, 2.75) is 17.9 Å². The molecule has 6 aromatic rings. The van der Waals surface area contributed by atoms with E-state index in [0.29, 0.717) is 41.4 Å². The SMILES string of the molecule is O=S(=O)(c1ccccc1)n1ncc2c(-c3nnc(CN4CCCOCC4)o3)cc(-c3cccc4[nH]ccc34)cc21. The van der Waals surface area contributed by atoms with Crippen molar-refractivity contribution in [2.75, 3.05) is 26.3 Å². The van der Waals surface area contributed by atoms with Gasteiger partial charge in [-0.1, -0.05) is 30.3 Å². The minimum Gasteiger partial charge on any atom is -0.419 e. The molecule has 7 rings (SSSR count). The third-order valence-electron chi connectivity index (χ3n) is 7.20. The summed E-state index contributed by atoms with van der Waals surface area (Å²) < 4.78 is 40.1. The smallest absolute Gasteiger partial charge is 0.283 e. The first-order chi connectivity index (χ1) is 19.6. The molecule has 1 aliphatic heterocycles. The highest BCUT2D eigenvalue weighted by Gasteiger charge is 2.24. The van der Waals surface area contributed by atoms with Crippen molar-refractivity contribution in [3.05, 3.63) is 85.0 Å². The van der Waals surface area contributed by atoms with Gasteiger partial charge in [0.25, 0.3) is 10.0 Å². The van der Waals surface area contributed by atoms with Crippen LogP contribution in [0.5, 0.6) is 0 Å². The third-order valence-corrected chi connectivity index (χ3v) is 8.82. The highest BCUT2D eigenvalue weighted by Crippen LogP contribution is 2.37. The average molecular weight is 555 g/mol. The second-order valence-electron chi connectivity index (χ2n) is 9.75. The van der Waals surface area contributed by atoms with E-state index in [1.807, 2.05) is 42.6 Å². The number of rotatable bonds is 6. The molecule has 3 aromatic heterocycles. The van der Waals surface area contributed by atoms with Crippen LogP contribution in [0.3, 0.4) is 0 Å². The molecule has 202 valence electrons. The van der Waals surface area contributed by atoms with E-state index < -0.39 is 10.0 Å². The molecule has 0 unspecified atom stereocenters. The topological polar surface area (TPSA) is 119 Å². The Kier molecular flexibility index (Phi) is 6.18. The van der Waals surface area contributed by atoms with Gasteiger partial charge in [-0.05, 0) is 53.9 Å². The van der Waals surface area contributed by atoms with E-state index in [1.165, 1.54) is 0 Å². The van der Waals surface area contributed by atoms with Gasteiger partial charge in [-0.25, -0.2) is 0 Å². The first kappa shape index (κ1) is 24.7. The lowest BCUT2D eigenvalue weighted by atomic mass is 9.98. The van der Waals surface area contributed by atoms with Crippen LogP contribution in [0.1, 0.15) is 12.3 Å². The number of nitrogens with one attached hydrogen (secondary N) is 1. The Morgan fingerprint density at radius 2 is 1.80 bits per heavy atom. The van der Waals surface area contributed by atoms with E-state index >= 15 is 0 Å². The van der Waals surface area contributed by atoms with Gasteiger partial charge in [0.15, 0.2) is 0 Å². The van der Waals surface area contributed by atoms with Crippen LogP contribution in [0.2, 0.25) is 0 Å². The minimum absolute atomic E-state index is 0.154. The van der Waals surface area contributed by atoms with E-state index in [9.17, 15) is 8.42 Å². The zero-order chi connectivity index (χ0) is 27.1. The molecule has 0 spiro atoms. The highest BCUT2D eigenvalue weighted by atomic mass is 32.2. The third kappa shape index (κ3) is 4.37. The van der Waals surface area contributed by atoms with Crippen LogP contribution in [-0.4, -0.2) is 64.0 Å². The Labute approximate surface area is 230 Å². The predicted molar refractivity (Wildman–Crippen MR) is 150 cm³/mol. The second-order valence-corrected chi connectivity index (χ2v) is 11.5. The Balaban J connectivity index is 1.39. The standard InChI is InChI=1S/C29H26N6O4S/c36-40(37,21-6-2-1-3-7-21)35-27-17-20(22-8-4-9-26-23(22)10-11-30-26)16-24(25(27)18-31-35)29-33-32-28(39-29)19-34-12-5-14-38-15-13-34/h1-4,6-11,16-18,30H,5,12-15,19H2. The summed E-state index contributed by atoms with van der Waals surface area (Å²) in [4.78, 5) is 5.63. The fraction of sp³-hybridized carbons (Fsp3) is 0.207. The molecule has 40 heavy (non-hydrogen) atoms. The predicted octanol–water partition coefficient (Wildman–Crippen LogP) is 4.69. The zero-order valence-corrected chi connectivity index (χ0v) is 22.3. The van der Waals surface area contributed by atoms with Crippen molar-refractivity contribution in [1.29, 1.82) is 0 Å². The lowest BCUT2D eigenvalue weighted by Crippen LogP contribution is -2.25. The van der Waals surface area contributed by atoms with Gasteiger partial charge in [0.05, 0.1) is 35.3 Å². The molecule has 0 amide bonds. The summed E-state index contributed by atoms with van der Waals surface area (Å²) in [5.41, 5.74) is 3.77. The quantitative estimate of drug-likeness (QED) is 0.315. The summed E-state index contributed by atoms with van der Waals surface area (Å²) in [6.07, 6.45) is 4.38. The van der Waals surface area contributed by atoms with E-state index in [2.05, 4.69) is 25.2 Å². The maximum Gasteiger partial charge on any atom is 0.283 e. The Morgan fingerprint density at radius 3 is 2.70 bits per heavy atom. The molecule has 0 aliphatic carbocycles. The maximum absolute atomic E-state index is 13.7. The van der Waals surface area contributed by atoms with Gasteiger partial charge in [-0.15, -0.1) is 10.2 Å². The van der Waals surface area contributed by atoms with Gasteiger partial charge in [-0.3, -0.25) is 4.90 Å². The lowest BCUT2D eigenvalue weighted by molar-refractivity contribution is 0.138. The molecule has 0 saturated carbocycles. The second kappa shape index (κ2) is 10.0. The summed E-state index contributed by atoms with van der Waals surface area (Å²) in [5.74, 6) is 0.804. The van der Waals surface area contributed by atoms with E-state index in [0.717, 1.165) is 52.2 Å². The first-order valence-electron chi connectivity index (χ1n) is 13.1. The number of aromatic amines is 1. The van der Waals surface area contributed by atoms with E-state index in [4.69, 9.17) is 9.15 Å². The lowest BCUT2D eigenvalue weighted by Gasteiger charge is -2.15. The summed E-state index contributed by atoms with van der Waals surface area (Å²) in [6.45, 7) is 3.62. The number of nitrogens with zero attached hydrogens (tertiary/aromatic N) is 5. The van der Waals surface area contributed by atoms with Gasteiger partial charge in [0.1, 0.15) is 0 Å². The molecule has 0 radical (unpaired) electrons. The van der Waals surface area contributed by atoms with E-state index in [-0.39, 0.29) is 4.90 Å². The van der Waals surface area contributed by atoms with Gasteiger partial charge in [0.2, 0.25) is 11.8 Å². The molecule has 1 N–H and O–H groups in total. The van der Waals surface area contributed by atoms with Crippen LogP contribution >= 0.6 is 0 Å². The van der Waals surface area contributed by atoms with Crippen LogP contribution in [-0.2, 0) is 21.3 Å². The summed E-state index contributed by atoms with van der Waals surface area (Å²) in [7, 11) is -3.95. The number of H-pyrrole nitrogens is 1. The van der Waals surface area contributed by atoms with Crippen molar-refractivity contribution < 1.29 is 17.6 Å². The molecule has 1 saturated heterocycles. The highest BCUT2D eigenvalue weighted by molar-refractivity contribution is 7.90. The number of fused-ring (bicyclic) bond motifs is 2. The van der Waals surface area contributed by atoms with E-state index in [1.54, 1.807) is 36.5 Å². The van der Waals surface area contributed by atoms with Crippen LogP contribution < -0.4 is 0 Å². The average Bonchev–Trinajstić information content (AvgIpc) is 3.70. The van der Waals surface area contributed by atoms with Crippen molar-refractivity contribution in [2.24, 2.45) is 0 Å². The molecule has 0 bridgehead atoms. The maximum atomic E-state index is 13.7. The largest absolute Gasteiger partial charge is 0.419 e.